The molecule has 8 heteroatoms. The molecule has 3 heterocycles. The second-order valence-electron chi connectivity index (χ2n) is 7.20. The second kappa shape index (κ2) is 7.07. The van der Waals surface area contributed by atoms with Gasteiger partial charge in [-0.3, -0.25) is 9.48 Å². The topological polar surface area (TPSA) is 68.8 Å². The smallest absolute Gasteiger partial charge is 0.254 e. The first-order valence-corrected chi connectivity index (χ1v) is 10.1. The molecule has 0 aliphatic heterocycles. The summed E-state index contributed by atoms with van der Waals surface area (Å²) in [5.41, 5.74) is 3.48. The number of pyridine rings is 1. The number of hydrogen-bond donors (Lipinski definition) is 0. The standard InChI is InChI=1S/C19H23BrN6O/c1-4-7-26-18-14(9-22-26)13(8-16(23-18)12-5-6-12)19(27)24(2)11-17-15(20)10-21-25(17)3/h8-10,12H,4-7,11H2,1-3H3. The van der Waals surface area contributed by atoms with Gasteiger partial charge in [-0.1, -0.05) is 6.92 Å². The number of carbonyl (C=O) groups excluding carboxylic acids is 1. The van der Waals surface area contributed by atoms with Crippen LogP contribution in [0.15, 0.2) is 22.9 Å². The zero-order valence-electron chi connectivity index (χ0n) is 15.8. The van der Waals surface area contributed by atoms with E-state index in [0.29, 0.717) is 18.0 Å². The molecule has 142 valence electrons. The Morgan fingerprint density at radius 3 is 2.74 bits per heavy atom. The highest BCUT2D eigenvalue weighted by Gasteiger charge is 2.29. The molecule has 0 aromatic carbocycles. The molecule has 0 spiro atoms. The molecule has 1 amide bonds. The van der Waals surface area contributed by atoms with Gasteiger partial charge in [-0.05, 0) is 41.3 Å². The predicted molar refractivity (Wildman–Crippen MR) is 106 cm³/mol. The third-order valence-electron chi connectivity index (χ3n) is 5.03. The molecule has 0 unspecified atom stereocenters. The van der Waals surface area contributed by atoms with Crippen LogP contribution in [0.3, 0.4) is 0 Å². The number of halogens is 1. The summed E-state index contributed by atoms with van der Waals surface area (Å²) < 4.78 is 4.60. The van der Waals surface area contributed by atoms with Gasteiger partial charge in [-0.15, -0.1) is 0 Å². The number of amides is 1. The fourth-order valence-electron chi connectivity index (χ4n) is 3.32. The monoisotopic (exact) mass is 430 g/mol. The van der Waals surface area contributed by atoms with Crippen molar-refractivity contribution < 1.29 is 4.79 Å². The van der Waals surface area contributed by atoms with Crippen LogP contribution in [0.25, 0.3) is 11.0 Å². The minimum absolute atomic E-state index is 0.0200. The minimum atomic E-state index is -0.0200. The molecule has 0 radical (unpaired) electrons. The molecule has 3 aromatic heterocycles. The number of hydrogen-bond acceptors (Lipinski definition) is 4. The molecule has 1 aliphatic rings. The van der Waals surface area contributed by atoms with Crippen LogP contribution in [0.4, 0.5) is 0 Å². The Bertz CT molecular complexity index is 984. The quantitative estimate of drug-likeness (QED) is 0.599. The number of rotatable bonds is 6. The molecular weight excluding hydrogens is 408 g/mol. The Morgan fingerprint density at radius 2 is 2.11 bits per heavy atom. The summed E-state index contributed by atoms with van der Waals surface area (Å²) in [6, 6.07) is 1.97. The summed E-state index contributed by atoms with van der Waals surface area (Å²) >= 11 is 3.51. The van der Waals surface area contributed by atoms with E-state index in [-0.39, 0.29) is 5.91 Å². The molecule has 0 N–H and O–H groups in total. The molecular formula is C19H23BrN6O. The van der Waals surface area contributed by atoms with Crippen molar-refractivity contribution in [3.05, 3.63) is 39.9 Å². The lowest BCUT2D eigenvalue weighted by atomic mass is 10.1. The van der Waals surface area contributed by atoms with E-state index >= 15 is 0 Å². The average Bonchev–Trinajstić information content (AvgIpc) is 3.37. The molecule has 0 saturated heterocycles. The molecule has 1 aliphatic carbocycles. The third-order valence-corrected chi connectivity index (χ3v) is 5.70. The maximum absolute atomic E-state index is 13.3. The van der Waals surface area contributed by atoms with Crippen molar-refractivity contribution >= 4 is 32.9 Å². The maximum Gasteiger partial charge on any atom is 0.254 e. The molecule has 0 bridgehead atoms. The van der Waals surface area contributed by atoms with Crippen LogP contribution < -0.4 is 0 Å². The number of aromatic nitrogens is 5. The van der Waals surface area contributed by atoms with Crippen LogP contribution in [0.1, 0.15) is 53.8 Å². The van der Waals surface area contributed by atoms with E-state index < -0.39 is 0 Å². The van der Waals surface area contributed by atoms with E-state index in [0.717, 1.165) is 52.7 Å². The van der Waals surface area contributed by atoms with Crippen LogP contribution in [-0.4, -0.2) is 42.4 Å². The first kappa shape index (κ1) is 18.2. The Hall–Kier alpha value is -2.22. The highest BCUT2D eigenvalue weighted by atomic mass is 79.9. The van der Waals surface area contributed by atoms with E-state index in [4.69, 9.17) is 4.98 Å². The zero-order valence-corrected chi connectivity index (χ0v) is 17.4. The molecule has 3 aromatic rings. The van der Waals surface area contributed by atoms with E-state index in [1.165, 1.54) is 0 Å². The van der Waals surface area contributed by atoms with Gasteiger partial charge in [-0.25, -0.2) is 9.67 Å². The normalized spacial score (nSPS) is 14.1. The van der Waals surface area contributed by atoms with Crippen molar-refractivity contribution in [3.8, 4) is 0 Å². The largest absolute Gasteiger partial charge is 0.336 e. The predicted octanol–water partition coefficient (Wildman–Crippen LogP) is 3.49. The summed E-state index contributed by atoms with van der Waals surface area (Å²) in [4.78, 5) is 19.8. The van der Waals surface area contributed by atoms with Gasteiger partial charge in [0, 0.05) is 32.3 Å². The second-order valence-corrected chi connectivity index (χ2v) is 8.05. The molecule has 27 heavy (non-hydrogen) atoms. The van der Waals surface area contributed by atoms with E-state index in [9.17, 15) is 4.79 Å². The van der Waals surface area contributed by atoms with E-state index in [2.05, 4.69) is 33.1 Å². The number of fused-ring (bicyclic) bond motifs is 1. The van der Waals surface area contributed by atoms with Crippen LogP contribution in [0.2, 0.25) is 0 Å². The Balaban J connectivity index is 1.72. The van der Waals surface area contributed by atoms with Gasteiger partial charge in [0.1, 0.15) is 0 Å². The van der Waals surface area contributed by atoms with Crippen molar-refractivity contribution in [2.75, 3.05) is 7.05 Å². The van der Waals surface area contributed by atoms with Gasteiger partial charge in [0.2, 0.25) is 0 Å². The van der Waals surface area contributed by atoms with Crippen LogP contribution in [-0.2, 0) is 20.1 Å². The van der Waals surface area contributed by atoms with Gasteiger partial charge in [0.25, 0.3) is 5.91 Å². The van der Waals surface area contributed by atoms with Gasteiger partial charge in [-0.2, -0.15) is 10.2 Å². The van der Waals surface area contributed by atoms with Gasteiger partial charge in [0.05, 0.1) is 40.1 Å². The summed E-state index contributed by atoms with van der Waals surface area (Å²) in [6.45, 7) is 3.39. The molecule has 4 rings (SSSR count). The van der Waals surface area contributed by atoms with Gasteiger partial charge in [0.15, 0.2) is 5.65 Å². The first-order valence-electron chi connectivity index (χ1n) is 9.27. The van der Waals surface area contributed by atoms with Crippen LogP contribution in [0.5, 0.6) is 0 Å². The van der Waals surface area contributed by atoms with Crippen molar-refractivity contribution in [1.29, 1.82) is 0 Å². The Morgan fingerprint density at radius 1 is 1.33 bits per heavy atom. The summed E-state index contributed by atoms with van der Waals surface area (Å²) in [5.74, 6) is 0.455. The Kier molecular flexibility index (Phi) is 4.75. The van der Waals surface area contributed by atoms with Crippen molar-refractivity contribution in [2.24, 2.45) is 7.05 Å². The summed E-state index contributed by atoms with van der Waals surface area (Å²) in [6.07, 6.45) is 6.79. The van der Waals surface area contributed by atoms with Gasteiger partial charge < -0.3 is 4.90 Å². The van der Waals surface area contributed by atoms with Crippen molar-refractivity contribution in [2.45, 2.75) is 45.2 Å². The molecule has 0 atom stereocenters. The fraction of sp³-hybridized carbons (Fsp3) is 0.474. The molecule has 1 fully saturated rings. The van der Waals surface area contributed by atoms with E-state index in [1.54, 1.807) is 22.0 Å². The first-order chi connectivity index (χ1) is 13.0. The number of aryl methyl sites for hydroxylation is 2. The highest BCUT2D eigenvalue weighted by molar-refractivity contribution is 9.10. The molecule has 7 nitrogen and oxygen atoms in total. The zero-order chi connectivity index (χ0) is 19.1. The SMILES string of the molecule is CCCn1ncc2c(C(=O)N(C)Cc3c(Br)cnn3C)cc(C3CC3)nc21. The maximum atomic E-state index is 13.3. The number of nitrogens with zero attached hydrogens (tertiary/aromatic N) is 6. The lowest BCUT2D eigenvalue weighted by Crippen LogP contribution is -2.27. The van der Waals surface area contributed by atoms with Crippen molar-refractivity contribution in [1.82, 2.24) is 29.4 Å². The van der Waals surface area contributed by atoms with Crippen molar-refractivity contribution in [3.63, 3.8) is 0 Å². The minimum Gasteiger partial charge on any atom is -0.336 e. The Labute approximate surface area is 166 Å². The lowest BCUT2D eigenvalue weighted by Gasteiger charge is -2.18. The highest BCUT2D eigenvalue weighted by Crippen LogP contribution is 2.40. The van der Waals surface area contributed by atoms with Crippen LogP contribution >= 0.6 is 15.9 Å². The summed E-state index contributed by atoms with van der Waals surface area (Å²) in [5, 5.41) is 9.53. The lowest BCUT2D eigenvalue weighted by molar-refractivity contribution is 0.0783. The summed E-state index contributed by atoms with van der Waals surface area (Å²) in [7, 11) is 3.70. The third kappa shape index (κ3) is 3.38. The fourth-order valence-corrected chi connectivity index (χ4v) is 3.80. The average molecular weight is 431 g/mol. The number of carbonyl (C=O) groups is 1. The van der Waals surface area contributed by atoms with E-state index in [1.807, 2.05) is 24.8 Å². The van der Waals surface area contributed by atoms with Crippen LogP contribution in [0, 0.1) is 0 Å². The van der Waals surface area contributed by atoms with Gasteiger partial charge >= 0.3 is 0 Å². The molecule has 1 saturated carbocycles.